The Morgan fingerprint density at radius 2 is 1.71 bits per heavy atom. The molecular weight excluding hydrogens is 202 g/mol. The third-order valence-corrected chi connectivity index (χ3v) is 3.07. The summed E-state index contributed by atoms with van der Waals surface area (Å²) in [6.45, 7) is 0. The molecule has 1 heterocycles. The first-order chi connectivity index (χ1) is 6.57. The predicted octanol–water partition coefficient (Wildman–Crippen LogP) is 0.154. The quantitative estimate of drug-likeness (QED) is 0.664. The van der Waals surface area contributed by atoms with E-state index in [4.69, 9.17) is 0 Å². The van der Waals surface area contributed by atoms with E-state index < -0.39 is 9.84 Å². The third kappa shape index (κ3) is 1.75. The average Bonchev–Trinajstić information content (AvgIpc) is 2.16. The van der Waals surface area contributed by atoms with Gasteiger partial charge in [-0.05, 0) is 25.7 Å². The lowest BCUT2D eigenvalue weighted by molar-refractivity contribution is 0.571. The van der Waals surface area contributed by atoms with Gasteiger partial charge >= 0.3 is 0 Å². The molecule has 0 fully saturated rings. The van der Waals surface area contributed by atoms with Crippen LogP contribution in [0.4, 0.5) is 0 Å². The Kier molecular flexibility index (Phi) is 2.22. The molecule has 5 nitrogen and oxygen atoms in total. The number of nitrogens with zero attached hydrogens (tertiary/aromatic N) is 3. The first-order valence-corrected chi connectivity index (χ1v) is 6.39. The van der Waals surface area contributed by atoms with Gasteiger partial charge in [0.1, 0.15) is 0 Å². The summed E-state index contributed by atoms with van der Waals surface area (Å²) in [7, 11) is -3.32. The van der Waals surface area contributed by atoms with E-state index in [2.05, 4.69) is 15.2 Å². The van der Waals surface area contributed by atoms with Crippen molar-refractivity contribution in [2.24, 2.45) is 0 Å². The summed E-state index contributed by atoms with van der Waals surface area (Å²) in [5.74, 6) is 0. The highest BCUT2D eigenvalue weighted by Gasteiger charge is 2.18. The molecule has 0 saturated carbocycles. The van der Waals surface area contributed by atoms with E-state index in [1.165, 1.54) is 0 Å². The summed E-state index contributed by atoms with van der Waals surface area (Å²) in [6.07, 6.45) is 4.91. The van der Waals surface area contributed by atoms with E-state index in [9.17, 15) is 8.42 Å². The lowest BCUT2D eigenvalue weighted by Crippen LogP contribution is -2.14. The summed E-state index contributed by atoms with van der Waals surface area (Å²) in [6, 6.07) is 0. The van der Waals surface area contributed by atoms with Crippen molar-refractivity contribution in [2.75, 3.05) is 6.26 Å². The van der Waals surface area contributed by atoms with Crippen molar-refractivity contribution in [1.82, 2.24) is 15.2 Å². The van der Waals surface area contributed by atoms with Gasteiger partial charge in [0.05, 0.1) is 11.4 Å². The normalized spacial score (nSPS) is 16.4. The van der Waals surface area contributed by atoms with Crippen molar-refractivity contribution in [3.8, 4) is 0 Å². The summed E-state index contributed by atoms with van der Waals surface area (Å²) >= 11 is 0. The highest BCUT2D eigenvalue weighted by Crippen LogP contribution is 2.17. The zero-order chi connectivity index (χ0) is 10.2. The van der Waals surface area contributed by atoms with E-state index >= 15 is 0 Å². The molecule has 1 aliphatic rings. The molecule has 0 unspecified atom stereocenters. The number of hydrogen-bond donors (Lipinski definition) is 0. The highest BCUT2D eigenvalue weighted by atomic mass is 32.2. The SMILES string of the molecule is CS(=O)(=O)c1nnc2c(n1)CCCC2. The molecule has 0 N–H and O–H groups in total. The molecule has 0 spiro atoms. The number of sulfone groups is 1. The van der Waals surface area contributed by atoms with E-state index in [0.29, 0.717) is 0 Å². The molecule has 0 saturated heterocycles. The van der Waals surface area contributed by atoms with Gasteiger partial charge < -0.3 is 0 Å². The fraction of sp³-hybridized carbons (Fsp3) is 0.625. The molecular formula is C8H11N3O2S. The topological polar surface area (TPSA) is 72.8 Å². The molecule has 0 aromatic carbocycles. The predicted molar refractivity (Wildman–Crippen MR) is 49.6 cm³/mol. The molecule has 1 aliphatic carbocycles. The Labute approximate surface area is 82.5 Å². The van der Waals surface area contributed by atoms with Crippen LogP contribution in [0.1, 0.15) is 24.2 Å². The largest absolute Gasteiger partial charge is 0.267 e. The van der Waals surface area contributed by atoms with E-state index in [1.54, 1.807) is 0 Å². The van der Waals surface area contributed by atoms with Crippen LogP contribution >= 0.6 is 0 Å². The molecule has 6 heteroatoms. The fourth-order valence-electron chi connectivity index (χ4n) is 1.50. The van der Waals surface area contributed by atoms with Crippen molar-refractivity contribution in [3.63, 3.8) is 0 Å². The van der Waals surface area contributed by atoms with Crippen LogP contribution in [0.3, 0.4) is 0 Å². The lowest BCUT2D eigenvalue weighted by Gasteiger charge is -2.12. The van der Waals surface area contributed by atoms with Crippen LogP contribution in [-0.2, 0) is 22.7 Å². The van der Waals surface area contributed by atoms with Gasteiger partial charge in [0, 0.05) is 6.26 Å². The van der Waals surface area contributed by atoms with Crippen LogP contribution < -0.4 is 0 Å². The molecule has 0 bridgehead atoms. The van der Waals surface area contributed by atoms with E-state index in [0.717, 1.165) is 43.3 Å². The first kappa shape index (κ1) is 9.51. The Balaban J connectivity index is 2.49. The number of fused-ring (bicyclic) bond motifs is 1. The minimum absolute atomic E-state index is 0.154. The average molecular weight is 213 g/mol. The molecule has 0 amide bonds. The summed E-state index contributed by atoms with van der Waals surface area (Å²) in [5, 5.41) is 7.35. The number of rotatable bonds is 1. The molecule has 76 valence electrons. The van der Waals surface area contributed by atoms with E-state index in [-0.39, 0.29) is 5.16 Å². The van der Waals surface area contributed by atoms with Crippen LogP contribution in [-0.4, -0.2) is 29.9 Å². The lowest BCUT2D eigenvalue weighted by atomic mass is 10.0. The van der Waals surface area contributed by atoms with Crippen LogP contribution in [0.25, 0.3) is 0 Å². The molecule has 0 radical (unpaired) electrons. The zero-order valence-electron chi connectivity index (χ0n) is 7.89. The smallest absolute Gasteiger partial charge is 0.221 e. The highest BCUT2D eigenvalue weighted by molar-refractivity contribution is 7.90. The number of aryl methyl sites for hydroxylation is 2. The van der Waals surface area contributed by atoms with Crippen molar-refractivity contribution in [1.29, 1.82) is 0 Å². The third-order valence-electron chi connectivity index (χ3n) is 2.23. The molecule has 0 atom stereocenters. The van der Waals surface area contributed by atoms with Crippen LogP contribution in [0.5, 0.6) is 0 Å². The van der Waals surface area contributed by atoms with Crippen molar-refractivity contribution < 1.29 is 8.42 Å². The van der Waals surface area contributed by atoms with Crippen LogP contribution in [0.2, 0.25) is 0 Å². The van der Waals surface area contributed by atoms with Crippen LogP contribution in [0.15, 0.2) is 5.16 Å². The number of aromatic nitrogens is 3. The molecule has 0 aliphatic heterocycles. The van der Waals surface area contributed by atoms with Gasteiger partial charge in [-0.3, -0.25) is 0 Å². The fourth-order valence-corrected chi connectivity index (χ4v) is 1.96. The maximum absolute atomic E-state index is 11.2. The Hall–Kier alpha value is -1.04. The Morgan fingerprint density at radius 3 is 2.36 bits per heavy atom. The van der Waals surface area contributed by atoms with Gasteiger partial charge in [0.25, 0.3) is 5.16 Å². The minimum Gasteiger partial charge on any atom is -0.221 e. The molecule has 2 rings (SSSR count). The standard InChI is InChI=1S/C8H11N3O2S/c1-14(12,13)8-9-6-4-2-3-5-7(6)10-11-8/h2-5H2,1H3. The Bertz CT molecular complexity index is 456. The van der Waals surface area contributed by atoms with Gasteiger partial charge in [0.15, 0.2) is 0 Å². The second-order valence-electron chi connectivity index (χ2n) is 3.47. The summed E-state index contributed by atoms with van der Waals surface area (Å²) < 4.78 is 22.3. The first-order valence-electron chi connectivity index (χ1n) is 4.50. The van der Waals surface area contributed by atoms with E-state index in [1.807, 2.05) is 0 Å². The van der Waals surface area contributed by atoms with Crippen molar-refractivity contribution in [3.05, 3.63) is 11.4 Å². The van der Waals surface area contributed by atoms with Gasteiger partial charge in [0.2, 0.25) is 9.84 Å². The van der Waals surface area contributed by atoms with Crippen LogP contribution in [0, 0.1) is 0 Å². The second kappa shape index (κ2) is 3.27. The zero-order valence-corrected chi connectivity index (χ0v) is 8.71. The Morgan fingerprint density at radius 1 is 1.07 bits per heavy atom. The molecule has 14 heavy (non-hydrogen) atoms. The number of hydrogen-bond acceptors (Lipinski definition) is 5. The molecule has 1 aromatic heterocycles. The van der Waals surface area contributed by atoms with Gasteiger partial charge in [-0.2, -0.15) is 5.10 Å². The van der Waals surface area contributed by atoms with Gasteiger partial charge in [-0.1, -0.05) is 0 Å². The van der Waals surface area contributed by atoms with Gasteiger partial charge in [-0.25, -0.2) is 13.4 Å². The molecule has 1 aromatic rings. The summed E-state index contributed by atoms with van der Waals surface area (Å²) in [5.41, 5.74) is 1.65. The van der Waals surface area contributed by atoms with Crippen molar-refractivity contribution in [2.45, 2.75) is 30.8 Å². The second-order valence-corrected chi connectivity index (χ2v) is 5.38. The van der Waals surface area contributed by atoms with Crippen molar-refractivity contribution >= 4 is 9.84 Å². The maximum atomic E-state index is 11.2. The summed E-state index contributed by atoms with van der Waals surface area (Å²) in [4.78, 5) is 4.02. The van der Waals surface area contributed by atoms with Gasteiger partial charge in [-0.15, -0.1) is 5.10 Å². The minimum atomic E-state index is -3.32. The maximum Gasteiger partial charge on any atom is 0.267 e. The monoisotopic (exact) mass is 213 g/mol.